The summed E-state index contributed by atoms with van der Waals surface area (Å²) in [5.74, 6) is 1.50. The molecule has 4 aromatic rings. The second-order valence-corrected chi connectivity index (χ2v) is 12.3. The van der Waals surface area contributed by atoms with Gasteiger partial charge in [0.2, 0.25) is 16.4 Å². The lowest BCUT2D eigenvalue weighted by Crippen LogP contribution is -2.63. The molecule has 0 spiro atoms. The van der Waals surface area contributed by atoms with E-state index in [4.69, 9.17) is 4.74 Å². The minimum Gasteiger partial charge on any atom is -0.457 e. The topological polar surface area (TPSA) is 142 Å². The number of carbonyl (C=O) groups excluding carboxylic acids is 2. The van der Waals surface area contributed by atoms with E-state index in [1.54, 1.807) is 40.0 Å². The zero-order chi connectivity index (χ0) is 31.6. The van der Waals surface area contributed by atoms with E-state index in [2.05, 4.69) is 10.6 Å². The molecular formula is C33H36N4O6S. The third-order valence-electron chi connectivity index (χ3n) is 7.24. The molecule has 1 heterocycles. The molecule has 0 saturated carbocycles. The number of ether oxygens (including phenoxy) is 1. The molecule has 0 radical (unpaired) electrons. The summed E-state index contributed by atoms with van der Waals surface area (Å²) in [6.07, 6.45) is -0.326. The largest absolute Gasteiger partial charge is 0.457 e. The number of anilines is 1. The van der Waals surface area contributed by atoms with Crippen LogP contribution in [0.25, 0.3) is 0 Å². The van der Waals surface area contributed by atoms with E-state index >= 15 is 0 Å². The number of nitrogens with two attached hydrogens (primary N) is 1. The van der Waals surface area contributed by atoms with E-state index in [-0.39, 0.29) is 17.7 Å². The molecule has 1 aliphatic heterocycles. The van der Waals surface area contributed by atoms with Crippen molar-refractivity contribution >= 4 is 28.2 Å². The van der Waals surface area contributed by atoms with Crippen molar-refractivity contribution in [3.8, 4) is 11.5 Å². The van der Waals surface area contributed by atoms with Crippen molar-refractivity contribution in [2.45, 2.75) is 29.9 Å². The van der Waals surface area contributed by atoms with Gasteiger partial charge < -0.3 is 20.5 Å². The summed E-state index contributed by atoms with van der Waals surface area (Å²) in [5, 5.41) is 12.8. The summed E-state index contributed by atoms with van der Waals surface area (Å²) >= 11 is 0. The third-order valence-corrected chi connectivity index (χ3v) is 9.31. The first-order chi connectivity index (χ1) is 21.1. The highest BCUT2D eigenvalue weighted by atomic mass is 32.2. The second kappa shape index (κ2) is 14.6. The maximum Gasteiger partial charge on any atom is 0.318 e. The molecule has 44 heavy (non-hydrogen) atoms. The van der Waals surface area contributed by atoms with Crippen LogP contribution in [0.4, 0.5) is 10.5 Å². The highest BCUT2D eigenvalue weighted by molar-refractivity contribution is 7.89. The van der Waals surface area contributed by atoms with Gasteiger partial charge in [-0.05, 0) is 67.4 Å². The number of para-hydroxylation sites is 1. The number of nitrogens with one attached hydrogen (secondary N) is 1. The fourth-order valence-corrected chi connectivity index (χ4v) is 6.97. The fourth-order valence-electron chi connectivity index (χ4n) is 5.18. The Morgan fingerprint density at radius 2 is 1.45 bits per heavy atom. The SMILES string of the molecule is CC1(CC(O)c2ccccc2)CN(c2ccc(Oc3ccccc3)cc2)CCN1S(=O)(=O)c1ccccc1.NC(=O)NC=O. The molecule has 3 amide bonds. The molecular weight excluding hydrogens is 580 g/mol. The lowest BCUT2D eigenvalue weighted by molar-refractivity contribution is -0.108. The van der Waals surface area contributed by atoms with Crippen LogP contribution in [-0.2, 0) is 14.8 Å². The molecule has 1 saturated heterocycles. The number of carbonyl (C=O) groups is 2. The number of amides is 3. The Morgan fingerprint density at radius 1 is 0.909 bits per heavy atom. The molecule has 2 unspecified atom stereocenters. The van der Waals surface area contributed by atoms with Gasteiger partial charge in [0.15, 0.2) is 0 Å². The van der Waals surface area contributed by atoms with Crippen molar-refractivity contribution < 1.29 is 27.9 Å². The van der Waals surface area contributed by atoms with E-state index in [0.29, 0.717) is 19.6 Å². The number of hydrogen-bond acceptors (Lipinski definition) is 7. The van der Waals surface area contributed by atoms with Crippen LogP contribution >= 0.6 is 0 Å². The summed E-state index contributed by atoms with van der Waals surface area (Å²) in [7, 11) is -3.77. The lowest BCUT2D eigenvalue weighted by Gasteiger charge is -2.49. The molecule has 5 rings (SSSR count). The Morgan fingerprint density at radius 3 is 2.00 bits per heavy atom. The molecule has 1 aliphatic rings. The Bertz CT molecular complexity index is 1610. The van der Waals surface area contributed by atoms with Crippen LogP contribution in [0.3, 0.4) is 0 Å². The molecule has 10 nitrogen and oxygen atoms in total. The van der Waals surface area contributed by atoms with Crippen molar-refractivity contribution in [1.82, 2.24) is 9.62 Å². The average Bonchev–Trinajstić information content (AvgIpc) is 3.02. The predicted octanol–water partition coefficient (Wildman–Crippen LogP) is 4.68. The van der Waals surface area contributed by atoms with Crippen molar-refractivity contribution in [1.29, 1.82) is 0 Å². The minimum absolute atomic E-state index is 0.225. The van der Waals surface area contributed by atoms with Crippen LogP contribution in [0.5, 0.6) is 11.5 Å². The normalized spacial score (nSPS) is 17.5. The van der Waals surface area contributed by atoms with E-state index < -0.39 is 27.7 Å². The quantitative estimate of drug-likeness (QED) is 0.232. The van der Waals surface area contributed by atoms with Gasteiger partial charge in [0.1, 0.15) is 11.5 Å². The smallest absolute Gasteiger partial charge is 0.318 e. The van der Waals surface area contributed by atoms with Crippen molar-refractivity contribution in [2.24, 2.45) is 5.73 Å². The number of urea groups is 1. The highest BCUT2D eigenvalue weighted by Gasteiger charge is 2.46. The number of benzene rings is 4. The van der Waals surface area contributed by atoms with E-state index in [1.165, 1.54) is 0 Å². The Balaban J connectivity index is 0.000000670. The predicted molar refractivity (Wildman–Crippen MR) is 169 cm³/mol. The van der Waals surface area contributed by atoms with Crippen LogP contribution in [0, 0.1) is 0 Å². The van der Waals surface area contributed by atoms with Crippen molar-refractivity contribution in [3.63, 3.8) is 0 Å². The summed E-state index contributed by atoms with van der Waals surface area (Å²) < 4.78 is 35.1. The number of imide groups is 1. The number of hydrogen-bond donors (Lipinski definition) is 3. The van der Waals surface area contributed by atoms with Crippen LogP contribution in [-0.4, -0.2) is 55.4 Å². The van der Waals surface area contributed by atoms with Crippen LogP contribution < -0.4 is 20.7 Å². The van der Waals surface area contributed by atoms with E-state index in [9.17, 15) is 23.1 Å². The molecule has 0 aromatic heterocycles. The number of sulfonamides is 1. The maximum absolute atomic E-state index is 13.8. The molecule has 0 aliphatic carbocycles. The minimum atomic E-state index is -3.77. The van der Waals surface area contributed by atoms with Gasteiger partial charge in [0.05, 0.1) is 16.5 Å². The monoisotopic (exact) mass is 616 g/mol. The Kier molecular flexibility index (Phi) is 10.7. The third kappa shape index (κ3) is 8.22. The number of aliphatic hydroxyl groups is 1. The number of piperazine rings is 1. The van der Waals surface area contributed by atoms with Gasteiger partial charge >= 0.3 is 6.03 Å². The van der Waals surface area contributed by atoms with Crippen molar-refractivity contribution in [3.05, 3.63) is 121 Å². The second-order valence-electron chi connectivity index (χ2n) is 10.5. The average molecular weight is 617 g/mol. The zero-order valence-corrected chi connectivity index (χ0v) is 25.1. The van der Waals surface area contributed by atoms with Gasteiger partial charge in [-0.2, -0.15) is 4.31 Å². The first-order valence-electron chi connectivity index (χ1n) is 14.0. The molecule has 230 valence electrons. The van der Waals surface area contributed by atoms with Gasteiger partial charge in [-0.25, -0.2) is 13.2 Å². The number of primary amides is 1. The van der Waals surface area contributed by atoms with Crippen LogP contribution in [0.2, 0.25) is 0 Å². The first-order valence-corrected chi connectivity index (χ1v) is 15.4. The Labute approximate surface area is 257 Å². The molecule has 4 N–H and O–H groups in total. The molecule has 11 heteroatoms. The van der Waals surface area contributed by atoms with Gasteiger partial charge in [-0.1, -0.05) is 66.7 Å². The summed E-state index contributed by atoms with van der Waals surface area (Å²) in [6, 6.07) is 34.5. The van der Waals surface area contributed by atoms with E-state index in [1.807, 2.05) is 91.9 Å². The molecule has 1 fully saturated rings. The van der Waals surface area contributed by atoms with E-state index in [0.717, 1.165) is 22.7 Å². The summed E-state index contributed by atoms with van der Waals surface area (Å²) in [5.41, 5.74) is 5.31. The van der Waals surface area contributed by atoms with Crippen LogP contribution in [0.1, 0.15) is 25.0 Å². The number of aliphatic hydroxyl groups excluding tert-OH is 1. The molecule has 0 bridgehead atoms. The van der Waals surface area contributed by atoms with Crippen molar-refractivity contribution in [2.75, 3.05) is 24.5 Å². The standard InChI is InChI=1S/C31H32N2O4S.C2H4N2O2/c1-31(23-30(34)25-11-5-2-6-12-25)24-32(21-22-33(31)38(35,36)29-15-9-4-10-16-29)26-17-19-28(20-18-26)37-27-13-7-3-8-14-27;3-2(6)4-1-5/h2-20,30,34H,21-24H2,1H3;1H,(H3,3,4,5,6). The number of rotatable bonds is 9. The van der Waals surface area contributed by atoms with Gasteiger partial charge in [-0.15, -0.1) is 0 Å². The maximum atomic E-state index is 13.8. The number of nitrogens with zero attached hydrogens (tertiary/aromatic N) is 2. The van der Waals surface area contributed by atoms with Gasteiger partial charge in [0.25, 0.3) is 0 Å². The lowest BCUT2D eigenvalue weighted by atomic mass is 9.88. The highest BCUT2D eigenvalue weighted by Crippen LogP contribution is 2.37. The van der Waals surface area contributed by atoms with Gasteiger partial charge in [-0.3, -0.25) is 10.1 Å². The fraction of sp³-hybridized carbons (Fsp3) is 0.212. The Hall–Kier alpha value is -4.71. The van der Waals surface area contributed by atoms with Crippen LogP contribution in [0.15, 0.2) is 120 Å². The summed E-state index contributed by atoms with van der Waals surface area (Å²) in [4.78, 5) is 21.1. The molecule has 4 aromatic carbocycles. The molecule has 2 atom stereocenters. The summed E-state index contributed by atoms with van der Waals surface area (Å²) in [6.45, 7) is 3.19. The zero-order valence-electron chi connectivity index (χ0n) is 24.3. The first kappa shape index (κ1) is 32.2. The van der Waals surface area contributed by atoms with Gasteiger partial charge in [0, 0.05) is 25.3 Å².